The zero-order valence-electron chi connectivity index (χ0n) is 10.9. The molecule has 1 fully saturated rings. The normalized spacial score (nSPS) is 16.9. The van der Waals surface area contributed by atoms with Crippen LogP contribution in [0.25, 0.3) is 10.9 Å². The summed E-state index contributed by atoms with van der Waals surface area (Å²) in [5.74, 6) is 0.620. The van der Waals surface area contributed by atoms with E-state index in [4.69, 9.17) is 11.6 Å². The predicted octanol–water partition coefficient (Wildman–Crippen LogP) is 2.94. The first kappa shape index (κ1) is 14.0. The van der Waals surface area contributed by atoms with Crippen LogP contribution in [0.1, 0.15) is 0 Å². The van der Waals surface area contributed by atoms with E-state index >= 15 is 0 Å². The van der Waals surface area contributed by atoms with E-state index in [1.807, 2.05) is 0 Å². The number of benzene rings is 1. The zero-order valence-corrected chi connectivity index (χ0v) is 13.2. The maximum absolute atomic E-state index is 13.7. The molecule has 0 N–H and O–H groups in total. The molecular weight excluding hydrogens is 347 g/mol. The smallest absolute Gasteiger partial charge is 0.311 e. The van der Waals surface area contributed by atoms with E-state index < -0.39 is 6.08 Å². The fourth-order valence-electron chi connectivity index (χ4n) is 2.34. The Hall–Kier alpha value is -0.980. The monoisotopic (exact) mass is 358 g/mol. The second-order valence-corrected chi connectivity index (χ2v) is 6.15. The minimum Gasteiger partial charge on any atom is -0.353 e. The first-order valence-corrected chi connectivity index (χ1v) is 7.47. The maximum atomic E-state index is 13.7. The minimum absolute atomic E-state index is 0.558. The van der Waals surface area contributed by atoms with Crippen molar-refractivity contribution in [1.29, 1.82) is 0 Å². The molecule has 7 heteroatoms. The number of halogens is 3. The molecule has 1 aliphatic rings. The highest BCUT2D eigenvalue weighted by atomic mass is 79.9. The summed E-state index contributed by atoms with van der Waals surface area (Å²) < 4.78 is 14.4. The summed E-state index contributed by atoms with van der Waals surface area (Å²) >= 11 is 9.47. The fraction of sp³-hybridized carbons (Fsp3) is 0.385. The molecule has 1 aromatic heterocycles. The average molecular weight is 360 g/mol. The van der Waals surface area contributed by atoms with E-state index in [1.54, 1.807) is 12.1 Å². The Bertz CT molecular complexity index is 658. The second-order valence-electron chi connectivity index (χ2n) is 4.89. The van der Waals surface area contributed by atoms with Gasteiger partial charge in [0.25, 0.3) is 0 Å². The van der Waals surface area contributed by atoms with Gasteiger partial charge in [0.1, 0.15) is 5.82 Å². The molecule has 0 saturated carbocycles. The quantitative estimate of drug-likeness (QED) is 0.733. The Labute approximate surface area is 129 Å². The Morgan fingerprint density at radius 1 is 1.20 bits per heavy atom. The summed E-state index contributed by atoms with van der Waals surface area (Å²) in [5, 5.41) is 1.35. The lowest BCUT2D eigenvalue weighted by atomic mass is 10.2. The number of rotatable bonds is 1. The molecule has 1 aromatic carbocycles. The largest absolute Gasteiger partial charge is 0.353 e. The van der Waals surface area contributed by atoms with Crippen molar-refractivity contribution in [2.75, 3.05) is 38.1 Å². The third-order valence-corrected chi connectivity index (χ3v) is 4.69. The first-order valence-electron chi connectivity index (χ1n) is 6.30. The molecule has 20 heavy (non-hydrogen) atoms. The molecule has 0 bridgehead atoms. The van der Waals surface area contributed by atoms with Gasteiger partial charge in [-0.3, -0.25) is 0 Å². The summed E-state index contributed by atoms with van der Waals surface area (Å²) in [4.78, 5) is 12.1. The van der Waals surface area contributed by atoms with Gasteiger partial charge in [0.05, 0.1) is 10.5 Å². The van der Waals surface area contributed by atoms with Crippen LogP contribution in [0, 0.1) is 6.08 Å². The van der Waals surface area contributed by atoms with Crippen molar-refractivity contribution < 1.29 is 4.39 Å². The van der Waals surface area contributed by atoms with E-state index in [2.05, 4.69) is 42.7 Å². The number of aromatic nitrogens is 2. The van der Waals surface area contributed by atoms with Gasteiger partial charge in [-0.25, -0.2) is 4.98 Å². The Kier molecular flexibility index (Phi) is 3.79. The average Bonchev–Trinajstić information content (AvgIpc) is 2.41. The number of piperazine rings is 1. The van der Waals surface area contributed by atoms with Crippen LogP contribution in [0.15, 0.2) is 16.6 Å². The van der Waals surface area contributed by atoms with Crippen LogP contribution in [0.3, 0.4) is 0 Å². The van der Waals surface area contributed by atoms with Crippen LogP contribution in [-0.4, -0.2) is 48.1 Å². The number of hydrogen-bond donors (Lipinski definition) is 0. The first-order chi connectivity index (χ1) is 9.54. The maximum Gasteiger partial charge on any atom is 0.311 e. The molecular formula is C13H13BrClFN4. The summed E-state index contributed by atoms with van der Waals surface area (Å²) in [6.45, 7) is 3.49. The van der Waals surface area contributed by atoms with Crippen LogP contribution in [-0.2, 0) is 0 Å². The highest BCUT2D eigenvalue weighted by Crippen LogP contribution is 2.32. The second kappa shape index (κ2) is 5.42. The van der Waals surface area contributed by atoms with Crippen molar-refractivity contribution in [3.8, 4) is 0 Å². The molecule has 0 unspecified atom stereocenters. The van der Waals surface area contributed by atoms with Gasteiger partial charge in [-0.1, -0.05) is 11.6 Å². The summed E-state index contributed by atoms with van der Waals surface area (Å²) in [5.41, 5.74) is 0.558. The van der Waals surface area contributed by atoms with Gasteiger partial charge in [0.15, 0.2) is 0 Å². The van der Waals surface area contributed by atoms with E-state index in [-0.39, 0.29) is 0 Å². The van der Waals surface area contributed by atoms with Gasteiger partial charge in [0.2, 0.25) is 0 Å². The van der Waals surface area contributed by atoms with E-state index in [0.29, 0.717) is 20.8 Å². The third kappa shape index (κ3) is 2.60. The Balaban J connectivity index is 2.11. The fourth-order valence-corrected chi connectivity index (χ4v) is 2.83. The summed E-state index contributed by atoms with van der Waals surface area (Å²) in [6.07, 6.45) is -0.708. The lowest BCUT2D eigenvalue weighted by molar-refractivity contribution is 0.312. The SMILES string of the molecule is CN1CCN(c2nc(F)nc3cc(Br)c(Cl)cc23)CC1. The van der Waals surface area contributed by atoms with Gasteiger partial charge in [-0.05, 0) is 35.1 Å². The zero-order chi connectivity index (χ0) is 14.3. The molecule has 106 valence electrons. The summed E-state index contributed by atoms with van der Waals surface area (Å²) in [6, 6.07) is 3.51. The van der Waals surface area contributed by atoms with E-state index in [9.17, 15) is 4.39 Å². The van der Waals surface area contributed by atoms with Gasteiger partial charge < -0.3 is 9.80 Å². The van der Waals surface area contributed by atoms with Crippen LogP contribution in [0.2, 0.25) is 5.02 Å². The highest BCUT2D eigenvalue weighted by molar-refractivity contribution is 9.10. The van der Waals surface area contributed by atoms with Gasteiger partial charge in [-0.15, -0.1) is 0 Å². The van der Waals surface area contributed by atoms with Crippen molar-refractivity contribution in [2.24, 2.45) is 0 Å². The van der Waals surface area contributed by atoms with Crippen molar-refractivity contribution in [3.63, 3.8) is 0 Å². The molecule has 2 heterocycles. The molecule has 0 amide bonds. The van der Waals surface area contributed by atoms with Crippen LogP contribution in [0.4, 0.5) is 10.2 Å². The van der Waals surface area contributed by atoms with Crippen LogP contribution < -0.4 is 4.90 Å². The number of anilines is 1. The van der Waals surface area contributed by atoms with E-state index in [0.717, 1.165) is 31.6 Å². The molecule has 1 aliphatic heterocycles. The Morgan fingerprint density at radius 2 is 1.90 bits per heavy atom. The van der Waals surface area contributed by atoms with Crippen LogP contribution in [0.5, 0.6) is 0 Å². The molecule has 1 saturated heterocycles. The number of hydrogen-bond acceptors (Lipinski definition) is 4. The van der Waals surface area contributed by atoms with Crippen molar-refractivity contribution in [3.05, 3.63) is 27.7 Å². The van der Waals surface area contributed by atoms with Crippen molar-refractivity contribution in [1.82, 2.24) is 14.9 Å². The molecule has 2 aromatic rings. The molecule has 0 aliphatic carbocycles. The molecule has 0 atom stereocenters. The predicted molar refractivity (Wildman–Crippen MR) is 81.9 cm³/mol. The topological polar surface area (TPSA) is 32.3 Å². The Morgan fingerprint density at radius 3 is 2.60 bits per heavy atom. The van der Waals surface area contributed by atoms with Crippen LogP contribution >= 0.6 is 27.5 Å². The van der Waals surface area contributed by atoms with Gasteiger partial charge in [-0.2, -0.15) is 9.37 Å². The van der Waals surface area contributed by atoms with Crippen molar-refractivity contribution >= 4 is 44.3 Å². The van der Waals surface area contributed by atoms with Gasteiger partial charge in [0, 0.05) is 36.0 Å². The number of fused-ring (bicyclic) bond motifs is 1. The molecule has 0 radical (unpaired) electrons. The van der Waals surface area contributed by atoms with Gasteiger partial charge >= 0.3 is 6.08 Å². The highest BCUT2D eigenvalue weighted by Gasteiger charge is 2.19. The minimum atomic E-state index is -0.708. The molecule has 4 nitrogen and oxygen atoms in total. The lowest BCUT2D eigenvalue weighted by Crippen LogP contribution is -2.45. The summed E-state index contributed by atoms with van der Waals surface area (Å²) in [7, 11) is 2.07. The molecule has 3 rings (SSSR count). The van der Waals surface area contributed by atoms with E-state index in [1.165, 1.54) is 0 Å². The third-order valence-electron chi connectivity index (χ3n) is 3.49. The van der Waals surface area contributed by atoms with Crippen molar-refractivity contribution in [2.45, 2.75) is 0 Å². The lowest BCUT2D eigenvalue weighted by Gasteiger charge is -2.33. The number of likely N-dealkylation sites (N-methyl/N-ethyl adjacent to an activating group) is 1. The number of nitrogens with zero attached hydrogens (tertiary/aromatic N) is 4. The standard InChI is InChI=1S/C13H13BrClFN4/c1-19-2-4-20(5-3-19)12-8-6-10(15)9(14)7-11(8)17-13(16)18-12/h6-7H,2-5H2,1H3. The molecule has 0 spiro atoms.